The fraction of sp³-hybridized carbons (Fsp3) is 0.562. The maximum Gasteiger partial charge on any atom is 0.173 e. The molecular weight excluding hydrogens is 351 g/mol. The van der Waals surface area contributed by atoms with Gasteiger partial charge in [-0.15, -0.1) is 0 Å². The van der Waals surface area contributed by atoms with Crippen molar-refractivity contribution in [2.24, 2.45) is 0 Å². The van der Waals surface area contributed by atoms with Gasteiger partial charge in [0.1, 0.15) is 5.82 Å². The van der Waals surface area contributed by atoms with Crippen molar-refractivity contribution in [1.82, 2.24) is 4.90 Å². The first kappa shape index (κ1) is 17.6. The molecule has 0 aromatic heterocycles. The van der Waals surface area contributed by atoms with Gasteiger partial charge in [-0.3, -0.25) is 0 Å². The molecule has 3 rings (SSSR count). The van der Waals surface area contributed by atoms with Gasteiger partial charge in [0.25, 0.3) is 0 Å². The summed E-state index contributed by atoms with van der Waals surface area (Å²) >= 11 is 5.51. The van der Waals surface area contributed by atoms with Gasteiger partial charge in [0.2, 0.25) is 0 Å². The van der Waals surface area contributed by atoms with Crippen LogP contribution in [0, 0.1) is 5.82 Å². The molecule has 0 spiro atoms. The van der Waals surface area contributed by atoms with E-state index in [0.29, 0.717) is 23.8 Å². The Bertz CT molecular complexity index is 688. The lowest BCUT2D eigenvalue weighted by molar-refractivity contribution is 0.0851. The lowest BCUT2D eigenvalue weighted by Crippen LogP contribution is -2.47. The normalized spacial score (nSPS) is 25.5. The number of hydrogen-bond donors (Lipinski definition) is 1. The number of hydrogen-bond acceptors (Lipinski definition) is 4. The summed E-state index contributed by atoms with van der Waals surface area (Å²) in [5.74, 6) is -0.00588. The van der Waals surface area contributed by atoms with Crippen molar-refractivity contribution in [1.29, 1.82) is 0 Å². The molecule has 2 fully saturated rings. The third-order valence-electron chi connectivity index (χ3n) is 4.43. The second-order valence-electron chi connectivity index (χ2n) is 6.28. The smallest absolute Gasteiger partial charge is 0.173 e. The minimum atomic E-state index is -3.01. The number of nitrogens with zero attached hydrogens (tertiary/aromatic N) is 1. The van der Waals surface area contributed by atoms with E-state index in [0.717, 1.165) is 19.4 Å². The van der Waals surface area contributed by atoms with Crippen molar-refractivity contribution in [3.63, 3.8) is 0 Å². The Labute approximate surface area is 147 Å². The van der Waals surface area contributed by atoms with Crippen molar-refractivity contribution in [3.8, 4) is 0 Å². The number of anilines is 1. The van der Waals surface area contributed by atoms with Gasteiger partial charge in [-0.2, -0.15) is 0 Å². The van der Waals surface area contributed by atoms with Gasteiger partial charge in [-0.1, -0.05) is 0 Å². The van der Waals surface area contributed by atoms with Crippen LogP contribution in [0.2, 0.25) is 0 Å². The zero-order chi connectivity index (χ0) is 17.2. The Morgan fingerprint density at radius 3 is 2.67 bits per heavy atom. The molecule has 1 aromatic carbocycles. The second-order valence-corrected chi connectivity index (χ2v) is 8.90. The van der Waals surface area contributed by atoms with Crippen LogP contribution in [0.15, 0.2) is 24.3 Å². The molecule has 2 atom stereocenters. The van der Waals surface area contributed by atoms with E-state index in [-0.39, 0.29) is 29.5 Å². The van der Waals surface area contributed by atoms with E-state index in [9.17, 15) is 12.8 Å². The number of rotatable bonds is 4. The van der Waals surface area contributed by atoms with Crippen LogP contribution in [0.4, 0.5) is 10.1 Å². The lowest BCUT2D eigenvalue weighted by atomic mass is 10.2. The van der Waals surface area contributed by atoms with Crippen LogP contribution in [0.25, 0.3) is 0 Å². The van der Waals surface area contributed by atoms with E-state index >= 15 is 0 Å². The monoisotopic (exact) mass is 372 g/mol. The Morgan fingerprint density at radius 2 is 2.08 bits per heavy atom. The molecule has 2 heterocycles. The van der Waals surface area contributed by atoms with Crippen LogP contribution in [0.5, 0.6) is 0 Å². The predicted molar refractivity (Wildman–Crippen MR) is 95.4 cm³/mol. The molecule has 2 aliphatic rings. The maximum absolute atomic E-state index is 13.0. The summed E-state index contributed by atoms with van der Waals surface area (Å²) in [7, 11) is -3.01. The van der Waals surface area contributed by atoms with E-state index in [1.54, 1.807) is 12.1 Å². The van der Waals surface area contributed by atoms with Crippen LogP contribution >= 0.6 is 12.2 Å². The van der Waals surface area contributed by atoms with Crippen molar-refractivity contribution < 1.29 is 17.5 Å². The summed E-state index contributed by atoms with van der Waals surface area (Å²) in [4.78, 5) is 1.93. The summed E-state index contributed by atoms with van der Waals surface area (Å²) in [5.41, 5.74) is 0.680. The van der Waals surface area contributed by atoms with Gasteiger partial charge in [0, 0.05) is 24.9 Å². The zero-order valence-electron chi connectivity index (χ0n) is 13.3. The minimum absolute atomic E-state index is 0.0706. The van der Waals surface area contributed by atoms with Gasteiger partial charge < -0.3 is 15.0 Å². The van der Waals surface area contributed by atoms with Crippen LogP contribution in [-0.2, 0) is 14.6 Å². The molecule has 0 unspecified atom stereocenters. The maximum atomic E-state index is 13.0. The molecular formula is C16H21FN2O3S2. The number of nitrogens with one attached hydrogen (secondary N) is 1. The predicted octanol–water partition coefficient (Wildman–Crippen LogP) is 2.19. The summed E-state index contributed by atoms with van der Waals surface area (Å²) in [5, 5.41) is 3.55. The van der Waals surface area contributed by atoms with Crippen LogP contribution in [0.1, 0.15) is 19.3 Å². The minimum Gasteiger partial charge on any atom is -0.376 e. The summed E-state index contributed by atoms with van der Waals surface area (Å²) in [6, 6.07) is 5.79. The third-order valence-corrected chi connectivity index (χ3v) is 6.52. The van der Waals surface area contributed by atoms with Crippen molar-refractivity contribution in [2.75, 3.05) is 30.0 Å². The Morgan fingerprint density at radius 1 is 1.33 bits per heavy atom. The molecule has 0 radical (unpaired) electrons. The number of sulfone groups is 1. The highest BCUT2D eigenvalue weighted by molar-refractivity contribution is 7.91. The molecule has 5 nitrogen and oxygen atoms in total. The molecule has 0 aliphatic carbocycles. The number of ether oxygens (including phenoxy) is 1. The molecule has 2 aliphatic heterocycles. The second kappa shape index (κ2) is 7.33. The third kappa shape index (κ3) is 4.43. The molecule has 0 saturated carbocycles. The highest BCUT2D eigenvalue weighted by Gasteiger charge is 2.35. The van der Waals surface area contributed by atoms with Crippen LogP contribution in [-0.4, -0.2) is 55.2 Å². The summed E-state index contributed by atoms with van der Waals surface area (Å²) in [6.45, 7) is 1.31. The molecule has 132 valence electrons. The van der Waals surface area contributed by atoms with E-state index in [2.05, 4.69) is 5.32 Å². The van der Waals surface area contributed by atoms with Crippen molar-refractivity contribution in [2.45, 2.75) is 31.4 Å². The average molecular weight is 372 g/mol. The number of thiocarbonyl (C=S) groups is 1. The van der Waals surface area contributed by atoms with Gasteiger partial charge in [0.15, 0.2) is 14.9 Å². The van der Waals surface area contributed by atoms with Crippen molar-refractivity contribution >= 4 is 32.9 Å². The van der Waals surface area contributed by atoms with E-state index in [1.165, 1.54) is 12.1 Å². The lowest BCUT2D eigenvalue weighted by Gasteiger charge is -2.33. The van der Waals surface area contributed by atoms with E-state index < -0.39 is 9.84 Å². The largest absolute Gasteiger partial charge is 0.376 e. The molecule has 1 N–H and O–H groups in total. The first-order chi connectivity index (χ1) is 11.4. The quantitative estimate of drug-likeness (QED) is 0.818. The topological polar surface area (TPSA) is 58.6 Å². The Hall–Kier alpha value is -1.25. The number of benzene rings is 1. The summed E-state index contributed by atoms with van der Waals surface area (Å²) in [6.07, 6.45) is 2.61. The average Bonchev–Trinajstić information content (AvgIpc) is 3.16. The van der Waals surface area contributed by atoms with Gasteiger partial charge in [-0.05, 0) is 55.7 Å². The van der Waals surface area contributed by atoms with E-state index in [1.807, 2.05) is 4.90 Å². The first-order valence-corrected chi connectivity index (χ1v) is 10.3. The Kier molecular flexibility index (Phi) is 5.36. The SMILES string of the molecule is O=S1(=O)CC[C@@H](N(C[C@H]2CCCO2)C(=S)Nc2ccc(F)cc2)C1. The Balaban J connectivity index is 1.72. The molecule has 8 heteroatoms. The standard InChI is InChI=1S/C16H21FN2O3S2/c17-12-3-5-13(6-4-12)18-16(23)19(10-15-2-1-8-22-15)14-7-9-24(20,21)11-14/h3-6,14-15H,1-2,7-11H2,(H,18,23)/t14-,15-/m1/s1. The molecule has 24 heavy (non-hydrogen) atoms. The van der Waals surface area contributed by atoms with Gasteiger partial charge >= 0.3 is 0 Å². The van der Waals surface area contributed by atoms with Crippen LogP contribution < -0.4 is 5.32 Å². The van der Waals surface area contributed by atoms with Crippen molar-refractivity contribution in [3.05, 3.63) is 30.1 Å². The zero-order valence-corrected chi connectivity index (χ0v) is 14.9. The number of halogens is 1. The fourth-order valence-electron chi connectivity index (χ4n) is 3.16. The molecule has 0 bridgehead atoms. The molecule has 0 amide bonds. The first-order valence-electron chi connectivity index (χ1n) is 8.08. The molecule has 1 aromatic rings. The van der Waals surface area contributed by atoms with Gasteiger partial charge in [-0.25, -0.2) is 12.8 Å². The van der Waals surface area contributed by atoms with E-state index in [4.69, 9.17) is 17.0 Å². The highest BCUT2D eigenvalue weighted by atomic mass is 32.2. The molecule has 2 saturated heterocycles. The van der Waals surface area contributed by atoms with Gasteiger partial charge in [0.05, 0.1) is 17.6 Å². The summed E-state index contributed by atoms with van der Waals surface area (Å²) < 4.78 is 42.4. The highest BCUT2D eigenvalue weighted by Crippen LogP contribution is 2.22. The fourth-order valence-corrected chi connectivity index (χ4v) is 5.23. The van der Waals surface area contributed by atoms with Crippen LogP contribution in [0.3, 0.4) is 0 Å².